The maximum absolute atomic E-state index is 12.8. The molecule has 0 saturated carbocycles. The molecule has 0 saturated heterocycles. The first-order chi connectivity index (χ1) is 34.5. The second-order valence-corrected chi connectivity index (χ2v) is 18.8. The van der Waals surface area contributed by atoms with Crippen LogP contribution in [0.25, 0.3) is 0 Å². The van der Waals surface area contributed by atoms with Crippen LogP contribution in [0.3, 0.4) is 0 Å². The highest BCUT2D eigenvalue weighted by atomic mass is 16.6. The number of allylic oxidation sites excluding steroid dienone is 18. The number of unbranched alkanes of at least 4 members (excludes halogenated alkanes) is 22. The van der Waals surface area contributed by atoms with Crippen molar-refractivity contribution in [1.82, 2.24) is 0 Å². The quantitative estimate of drug-likeness (QED) is 0.0262. The predicted octanol–water partition coefficient (Wildman–Crippen LogP) is 19.5. The van der Waals surface area contributed by atoms with Crippen molar-refractivity contribution >= 4 is 17.9 Å². The second-order valence-electron chi connectivity index (χ2n) is 18.8. The van der Waals surface area contributed by atoms with Crippen LogP contribution in [0.1, 0.15) is 258 Å². The molecule has 398 valence electrons. The Morgan fingerprint density at radius 1 is 0.300 bits per heavy atom. The molecule has 0 aliphatic carbocycles. The summed E-state index contributed by atoms with van der Waals surface area (Å²) >= 11 is 0. The van der Waals surface area contributed by atoms with E-state index in [1.807, 2.05) is 0 Å². The van der Waals surface area contributed by atoms with E-state index in [9.17, 15) is 14.4 Å². The van der Waals surface area contributed by atoms with Gasteiger partial charge >= 0.3 is 17.9 Å². The summed E-state index contributed by atoms with van der Waals surface area (Å²) in [5.41, 5.74) is 0. The van der Waals surface area contributed by atoms with E-state index in [-0.39, 0.29) is 37.5 Å². The van der Waals surface area contributed by atoms with E-state index < -0.39 is 6.10 Å². The summed E-state index contributed by atoms with van der Waals surface area (Å²) in [4.78, 5) is 38.0. The van der Waals surface area contributed by atoms with Crippen LogP contribution in [0.2, 0.25) is 0 Å². The maximum atomic E-state index is 12.8. The Labute approximate surface area is 431 Å². The van der Waals surface area contributed by atoms with Crippen molar-refractivity contribution in [2.45, 2.75) is 264 Å². The van der Waals surface area contributed by atoms with Crippen molar-refractivity contribution in [3.63, 3.8) is 0 Å². The smallest absolute Gasteiger partial charge is 0.306 e. The molecule has 1 unspecified atom stereocenters. The van der Waals surface area contributed by atoms with Gasteiger partial charge < -0.3 is 14.2 Å². The minimum absolute atomic E-state index is 0.107. The zero-order valence-corrected chi connectivity index (χ0v) is 45.5. The molecular weight excluding hydrogens is 865 g/mol. The van der Waals surface area contributed by atoms with Crippen LogP contribution in [0.15, 0.2) is 109 Å². The summed E-state index contributed by atoms with van der Waals surface area (Å²) in [6.07, 6.45) is 78.1. The van der Waals surface area contributed by atoms with Gasteiger partial charge in [0, 0.05) is 19.3 Å². The van der Waals surface area contributed by atoms with Crippen molar-refractivity contribution < 1.29 is 28.6 Å². The molecule has 0 heterocycles. The van der Waals surface area contributed by atoms with E-state index >= 15 is 0 Å². The number of carbonyl (C=O) groups is 3. The van der Waals surface area contributed by atoms with Crippen molar-refractivity contribution in [1.29, 1.82) is 0 Å². The van der Waals surface area contributed by atoms with Gasteiger partial charge in [-0.05, 0) is 116 Å². The number of hydrogen-bond donors (Lipinski definition) is 0. The van der Waals surface area contributed by atoms with Gasteiger partial charge in [-0.2, -0.15) is 0 Å². The first-order valence-electron chi connectivity index (χ1n) is 28.9. The number of rotatable bonds is 51. The molecule has 0 aliphatic rings. The Hall–Kier alpha value is -3.93. The highest BCUT2D eigenvalue weighted by Crippen LogP contribution is 2.14. The van der Waals surface area contributed by atoms with E-state index in [0.717, 1.165) is 109 Å². The number of hydrogen-bond acceptors (Lipinski definition) is 6. The minimum Gasteiger partial charge on any atom is -0.462 e. The molecule has 0 amide bonds. The highest BCUT2D eigenvalue weighted by Gasteiger charge is 2.19. The van der Waals surface area contributed by atoms with E-state index in [0.29, 0.717) is 19.3 Å². The molecule has 6 heteroatoms. The Bertz CT molecular complexity index is 1440. The van der Waals surface area contributed by atoms with Crippen molar-refractivity contribution in [2.24, 2.45) is 0 Å². The average molecular weight is 972 g/mol. The topological polar surface area (TPSA) is 78.9 Å². The van der Waals surface area contributed by atoms with Gasteiger partial charge in [-0.25, -0.2) is 0 Å². The predicted molar refractivity (Wildman–Crippen MR) is 302 cm³/mol. The van der Waals surface area contributed by atoms with Crippen LogP contribution >= 0.6 is 0 Å². The molecule has 0 radical (unpaired) electrons. The third kappa shape index (κ3) is 55.0. The Morgan fingerprint density at radius 2 is 0.600 bits per heavy atom. The number of carbonyl (C=O) groups excluding carboxylic acids is 3. The van der Waals surface area contributed by atoms with E-state index in [1.54, 1.807) is 0 Å². The standard InChI is InChI=1S/C64H106O6/c1-4-7-10-13-16-19-22-24-26-28-29-30-31-32-33-34-35-37-38-40-42-45-48-51-54-57-63(66)69-60-61(59-68-62(65)56-53-50-47-44-21-18-15-12-9-6-3)70-64(67)58-55-52-49-46-43-41-39-36-27-25-23-20-17-14-11-8-5-2/h8,11-12,15,17,20,22,24-25,27-29,31-32,39,41,46,49,61H,4-7,9-10,13-14,16,18-19,21,23,26,30,33-38,40,42-45,47-48,50-60H2,1-3H3/b11-8-,15-12-,20-17-,24-22-,27-25-,29-28-,32-31-,41-39-,49-46-. The third-order valence-electron chi connectivity index (χ3n) is 12.0. The first-order valence-corrected chi connectivity index (χ1v) is 28.9. The van der Waals surface area contributed by atoms with Crippen LogP contribution < -0.4 is 0 Å². The Morgan fingerprint density at radius 3 is 0.986 bits per heavy atom. The van der Waals surface area contributed by atoms with Gasteiger partial charge in [-0.3, -0.25) is 14.4 Å². The maximum Gasteiger partial charge on any atom is 0.306 e. The lowest BCUT2D eigenvalue weighted by Crippen LogP contribution is -2.30. The average Bonchev–Trinajstić information content (AvgIpc) is 3.36. The van der Waals surface area contributed by atoms with E-state index in [1.165, 1.54) is 103 Å². The molecule has 0 bridgehead atoms. The molecule has 70 heavy (non-hydrogen) atoms. The highest BCUT2D eigenvalue weighted by molar-refractivity contribution is 5.71. The van der Waals surface area contributed by atoms with Crippen LogP contribution in [-0.2, 0) is 28.6 Å². The fraction of sp³-hybridized carbons (Fsp3) is 0.672. The van der Waals surface area contributed by atoms with Gasteiger partial charge in [-0.1, -0.05) is 233 Å². The summed E-state index contributed by atoms with van der Waals surface area (Å²) in [6, 6.07) is 0. The molecule has 0 aromatic heterocycles. The summed E-state index contributed by atoms with van der Waals surface area (Å²) in [6.45, 7) is 6.39. The molecule has 0 rings (SSSR count). The molecule has 1 atom stereocenters. The summed E-state index contributed by atoms with van der Waals surface area (Å²) < 4.78 is 16.8. The van der Waals surface area contributed by atoms with Crippen molar-refractivity contribution in [3.8, 4) is 0 Å². The molecule has 0 aromatic rings. The van der Waals surface area contributed by atoms with Gasteiger partial charge in [0.25, 0.3) is 0 Å². The van der Waals surface area contributed by atoms with Crippen LogP contribution in [0.5, 0.6) is 0 Å². The molecule has 0 N–H and O–H groups in total. The molecule has 0 spiro atoms. The number of esters is 3. The monoisotopic (exact) mass is 971 g/mol. The largest absolute Gasteiger partial charge is 0.462 e. The lowest BCUT2D eigenvalue weighted by atomic mass is 10.1. The molecule has 0 aliphatic heterocycles. The van der Waals surface area contributed by atoms with Crippen LogP contribution in [0.4, 0.5) is 0 Å². The summed E-state index contributed by atoms with van der Waals surface area (Å²) in [5.74, 6) is -0.982. The zero-order valence-electron chi connectivity index (χ0n) is 45.5. The summed E-state index contributed by atoms with van der Waals surface area (Å²) in [5, 5.41) is 0. The van der Waals surface area contributed by atoms with Gasteiger partial charge in [0.15, 0.2) is 6.10 Å². The molecule has 0 fully saturated rings. The van der Waals surface area contributed by atoms with E-state index in [4.69, 9.17) is 14.2 Å². The second kappa shape index (κ2) is 57.6. The van der Waals surface area contributed by atoms with Gasteiger partial charge in [0.1, 0.15) is 13.2 Å². The van der Waals surface area contributed by atoms with Gasteiger partial charge in [0.2, 0.25) is 0 Å². The minimum atomic E-state index is -0.814. The lowest BCUT2D eigenvalue weighted by Gasteiger charge is -2.18. The van der Waals surface area contributed by atoms with Crippen molar-refractivity contribution in [2.75, 3.05) is 13.2 Å². The van der Waals surface area contributed by atoms with Crippen LogP contribution in [0, 0.1) is 0 Å². The Balaban J connectivity index is 4.35. The fourth-order valence-corrected chi connectivity index (χ4v) is 7.66. The fourth-order valence-electron chi connectivity index (χ4n) is 7.66. The molecular formula is C64H106O6. The normalized spacial score (nSPS) is 12.9. The lowest BCUT2D eigenvalue weighted by molar-refractivity contribution is -0.167. The van der Waals surface area contributed by atoms with Crippen LogP contribution in [-0.4, -0.2) is 37.2 Å². The Kier molecular flexibility index (Phi) is 54.4. The molecule has 6 nitrogen and oxygen atoms in total. The van der Waals surface area contributed by atoms with Gasteiger partial charge in [-0.15, -0.1) is 0 Å². The number of ether oxygens (including phenoxy) is 3. The summed E-state index contributed by atoms with van der Waals surface area (Å²) in [7, 11) is 0. The zero-order chi connectivity index (χ0) is 50.7. The SMILES string of the molecule is CC/C=C\C/C=C\C/C=C\C/C=C\C/C=C\CCCC(=O)OC(COC(=O)CCCCCCC/C=C\CCC)COC(=O)CCCCCCCCCCCC/C=C\C/C=C\C/C=C\CCCCCCC. The van der Waals surface area contributed by atoms with E-state index in [2.05, 4.69) is 130 Å². The first kappa shape index (κ1) is 66.1. The van der Waals surface area contributed by atoms with Gasteiger partial charge in [0.05, 0.1) is 0 Å². The molecule has 0 aromatic carbocycles. The van der Waals surface area contributed by atoms with Crippen molar-refractivity contribution in [3.05, 3.63) is 109 Å². The third-order valence-corrected chi connectivity index (χ3v) is 12.0.